The lowest BCUT2D eigenvalue weighted by molar-refractivity contribution is -0.384. The maximum absolute atomic E-state index is 12.5. The molecule has 0 bridgehead atoms. The molecule has 0 saturated carbocycles. The Labute approximate surface area is 167 Å². The molecule has 0 spiro atoms. The van der Waals surface area contributed by atoms with Crippen molar-refractivity contribution in [3.8, 4) is 0 Å². The summed E-state index contributed by atoms with van der Waals surface area (Å²) in [5.41, 5.74) is -0.146. The summed E-state index contributed by atoms with van der Waals surface area (Å²) in [5.74, 6) is -0.829. The van der Waals surface area contributed by atoms with Gasteiger partial charge in [-0.15, -0.1) is 0 Å². The van der Waals surface area contributed by atoms with Crippen LogP contribution in [-0.2, 0) is 19.5 Å². The molecule has 1 aliphatic rings. The summed E-state index contributed by atoms with van der Waals surface area (Å²) in [5, 5.41) is 14.3. The molecule has 10 nitrogen and oxygen atoms in total. The van der Waals surface area contributed by atoms with Gasteiger partial charge in [0, 0.05) is 18.2 Å². The Balaban J connectivity index is 1.77. The van der Waals surface area contributed by atoms with Crippen LogP contribution < -0.4 is 10.0 Å². The molecule has 0 aliphatic carbocycles. The zero-order chi connectivity index (χ0) is 20.9. The number of rotatable bonds is 7. The molecule has 0 aromatic heterocycles. The number of anilines is 1. The lowest BCUT2D eigenvalue weighted by atomic mass is 10.2. The van der Waals surface area contributed by atoms with Crippen molar-refractivity contribution in [2.24, 2.45) is 0 Å². The van der Waals surface area contributed by atoms with Gasteiger partial charge in [-0.05, 0) is 24.3 Å². The largest absolute Gasteiger partial charge is 0.377 e. The van der Waals surface area contributed by atoms with E-state index in [0.29, 0.717) is 19.8 Å². The minimum Gasteiger partial charge on any atom is -0.377 e. The number of nitro benzene ring substituents is 1. The summed E-state index contributed by atoms with van der Waals surface area (Å²) >= 11 is 0. The Morgan fingerprint density at radius 3 is 2.59 bits per heavy atom. The Hall–Kier alpha value is -3.02. The molecule has 2 aromatic carbocycles. The van der Waals surface area contributed by atoms with Crippen LogP contribution in [0.1, 0.15) is 10.4 Å². The topological polar surface area (TPSA) is 137 Å². The van der Waals surface area contributed by atoms with Gasteiger partial charge in [0.25, 0.3) is 21.6 Å². The summed E-state index contributed by atoms with van der Waals surface area (Å²) in [7, 11) is -4.29. The van der Waals surface area contributed by atoms with Gasteiger partial charge in [-0.25, -0.2) is 13.1 Å². The predicted octanol–water partition coefficient (Wildman–Crippen LogP) is 1.54. The van der Waals surface area contributed by atoms with E-state index in [4.69, 9.17) is 9.47 Å². The van der Waals surface area contributed by atoms with Gasteiger partial charge in [0.05, 0.1) is 35.7 Å². The van der Waals surface area contributed by atoms with Crippen molar-refractivity contribution in [3.63, 3.8) is 0 Å². The smallest absolute Gasteiger partial charge is 0.293 e. The van der Waals surface area contributed by atoms with E-state index in [-0.39, 0.29) is 23.9 Å². The monoisotopic (exact) mass is 421 g/mol. The molecule has 1 fully saturated rings. The van der Waals surface area contributed by atoms with Crippen LogP contribution in [0.2, 0.25) is 0 Å². The SMILES string of the molecule is O=C(NS(=O)(=O)c1ccc(NC[C@H]2COCCO2)c([N+](=O)[O-])c1)c1ccccc1. The number of nitrogens with zero attached hydrogens (tertiary/aromatic N) is 1. The summed E-state index contributed by atoms with van der Waals surface area (Å²) in [6.45, 7) is 1.56. The molecule has 29 heavy (non-hydrogen) atoms. The Morgan fingerprint density at radius 2 is 1.93 bits per heavy atom. The third kappa shape index (κ3) is 5.28. The Kier molecular flexibility index (Phi) is 6.42. The highest BCUT2D eigenvalue weighted by Crippen LogP contribution is 2.28. The average molecular weight is 421 g/mol. The van der Waals surface area contributed by atoms with E-state index in [1.54, 1.807) is 18.2 Å². The van der Waals surface area contributed by atoms with Crippen molar-refractivity contribution >= 4 is 27.3 Å². The lowest BCUT2D eigenvalue weighted by Gasteiger charge is -2.23. The van der Waals surface area contributed by atoms with E-state index < -0.39 is 31.4 Å². The van der Waals surface area contributed by atoms with E-state index in [9.17, 15) is 23.3 Å². The van der Waals surface area contributed by atoms with Crippen LogP contribution >= 0.6 is 0 Å². The highest BCUT2D eigenvalue weighted by molar-refractivity contribution is 7.90. The van der Waals surface area contributed by atoms with Gasteiger partial charge in [-0.3, -0.25) is 14.9 Å². The molecule has 1 aliphatic heterocycles. The third-order valence-electron chi connectivity index (χ3n) is 4.14. The number of amides is 1. The van der Waals surface area contributed by atoms with Crippen LogP contribution in [0, 0.1) is 10.1 Å². The predicted molar refractivity (Wildman–Crippen MR) is 103 cm³/mol. The number of nitrogens with one attached hydrogen (secondary N) is 2. The molecule has 2 N–H and O–H groups in total. The number of carbonyl (C=O) groups is 1. The molecule has 1 amide bonds. The molecule has 1 atom stereocenters. The van der Waals surface area contributed by atoms with Crippen molar-refractivity contribution in [1.82, 2.24) is 4.72 Å². The van der Waals surface area contributed by atoms with Crippen molar-refractivity contribution in [1.29, 1.82) is 0 Å². The number of sulfonamides is 1. The maximum Gasteiger partial charge on any atom is 0.293 e. The number of hydrogen-bond acceptors (Lipinski definition) is 8. The summed E-state index contributed by atoms with van der Waals surface area (Å²) in [6, 6.07) is 11.2. The molecule has 0 radical (unpaired) electrons. The van der Waals surface area contributed by atoms with Gasteiger partial charge in [0.2, 0.25) is 0 Å². The van der Waals surface area contributed by atoms with E-state index in [0.717, 1.165) is 6.07 Å². The number of nitro groups is 1. The van der Waals surface area contributed by atoms with Crippen LogP contribution in [0.15, 0.2) is 53.4 Å². The molecule has 0 unspecified atom stereocenters. The lowest BCUT2D eigenvalue weighted by Crippen LogP contribution is -2.34. The Morgan fingerprint density at radius 1 is 1.17 bits per heavy atom. The molecule has 11 heteroatoms. The van der Waals surface area contributed by atoms with Crippen molar-refractivity contribution < 1.29 is 27.6 Å². The molecule has 2 aromatic rings. The van der Waals surface area contributed by atoms with E-state index in [1.165, 1.54) is 24.3 Å². The quantitative estimate of drug-likeness (QED) is 0.507. The first-order chi connectivity index (χ1) is 13.9. The van der Waals surface area contributed by atoms with Crippen LogP contribution in [0.5, 0.6) is 0 Å². The highest BCUT2D eigenvalue weighted by atomic mass is 32.2. The molecule has 154 valence electrons. The van der Waals surface area contributed by atoms with Gasteiger partial charge in [-0.2, -0.15) is 0 Å². The van der Waals surface area contributed by atoms with E-state index >= 15 is 0 Å². The summed E-state index contributed by atoms with van der Waals surface area (Å²) < 4.78 is 37.6. The standard InChI is InChI=1S/C18H19N3O7S/c22-18(13-4-2-1-3-5-13)20-29(25,26)15-6-7-16(17(10-15)21(23)24)19-11-14-12-27-8-9-28-14/h1-7,10,14,19H,8-9,11-12H2,(H,20,22)/t14-/m0/s1. The van der Waals surface area contributed by atoms with Crippen LogP contribution in [-0.4, -0.2) is 51.7 Å². The average Bonchev–Trinajstić information content (AvgIpc) is 2.73. The fraction of sp³-hybridized carbons (Fsp3) is 0.278. The van der Waals surface area contributed by atoms with Crippen LogP contribution in [0.25, 0.3) is 0 Å². The first-order valence-electron chi connectivity index (χ1n) is 8.70. The second-order valence-electron chi connectivity index (χ2n) is 6.19. The van der Waals surface area contributed by atoms with Gasteiger partial charge in [0.15, 0.2) is 0 Å². The molecule has 1 saturated heterocycles. The first-order valence-corrected chi connectivity index (χ1v) is 10.2. The summed E-state index contributed by atoms with van der Waals surface area (Å²) in [6.07, 6.45) is -0.267. The minimum atomic E-state index is -4.29. The van der Waals surface area contributed by atoms with Gasteiger partial charge >= 0.3 is 0 Å². The maximum atomic E-state index is 12.5. The van der Waals surface area contributed by atoms with Crippen LogP contribution in [0.4, 0.5) is 11.4 Å². The fourth-order valence-corrected chi connectivity index (χ4v) is 3.68. The molecular weight excluding hydrogens is 402 g/mol. The van der Waals surface area contributed by atoms with Crippen molar-refractivity contribution in [3.05, 3.63) is 64.2 Å². The fourth-order valence-electron chi connectivity index (χ4n) is 2.69. The number of ether oxygens (including phenoxy) is 2. The van der Waals surface area contributed by atoms with Gasteiger partial charge < -0.3 is 14.8 Å². The third-order valence-corrected chi connectivity index (χ3v) is 5.47. The van der Waals surface area contributed by atoms with Gasteiger partial charge in [-0.1, -0.05) is 18.2 Å². The molecular formula is C18H19N3O7S. The first kappa shape index (κ1) is 20.7. The number of carbonyl (C=O) groups excluding carboxylic acids is 1. The highest BCUT2D eigenvalue weighted by Gasteiger charge is 2.24. The molecule has 1 heterocycles. The zero-order valence-corrected chi connectivity index (χ0v) is 16.1. The Bertz CT molecular complexity index is 990. The van der Waals surface area contributed by atoms with Crippen molar-refractivity contribution in [2.45, 2.75) is 11.0 Å². The minimum absolute atomic E-state index is 0.137. The number of benzene rings is 2. The molecule has 3 rings (SSSR count). The van der Waals surface area contributed by atoms with Gasteiger partial charge in [0.1, 0.15) is 5.69 Å². The second kappa shape index (κ2) is 8.99. The van der Waals surface area contributed by atoms with E-state index in [1.807, 2.05) is 4.72 Å². The van der Waals surface area contributed by atoms with Crippen molar-refractivity contribution in [2.75, 3.05) is 31.7 Å². The number of hydrogen-bond donors (Lipinski definition) is 2. The zero-order valence-electron chi connectivity index (χ0n) is 15.2. The van der Waals surface area contributed by atoms with Crippen LogP contribution in [0.3, 0.4) is 0 Å². The summed E-state index contributed by atoms with van der Waals surface area (Å²) in [4.78, 5) is 22.5. The second-order valence-corrected chi connectivity index (χ2v) is 7.87. The van der Waals surface area contributed by atoms with E-state index in [2.05, 4.69) is 5.32 Å². The normalized spacial score (nSPS) is 16.8.